The number of carboxylic acids is 1. The van der Waals surface area contributed by atoms with Crippen LogP contribution in [0.5, 0.6) is 5.75 Å². The molecule has 0 unspecified atom stereocenters. The minimum Gasteiger partial charge on any atom is -0.487 e. The standard InChI is InChI=1S/C35H41N5O3/c1-5-26-19-40(21(3)34-31(43-26)10-7-13-36-34)18-25-15-24(14-23-8-6-9-27(23)25)29(17-32(41)42)28-16-30(22-11-12-22)35-33(20(28)2)37-38-39(35)4/h7,10,13-16,21-22,26,29H,5-6,8-9,11-12,17-19H2,1-4H3,(H,41,42)/t21-,26+,29+/m0/s1. The molecule has 2 aromatic heterocycles. The summed E-state index contributed by atoms with van der Waals surface area (Å²) < 4.78 is 8.28. The van der Waals surface area contributed by atoms with E-state index in [1.807, 2.05) is 30.1 Å². The highest BCUT2D eigenvalue weighted by Gasteiger charge is 2.33. The molecule has 0 saturated heterocycles. The van der Waals surface area contributed by atoms with E-state index in [4.69, 9.17) is 9.72 Å². The van der Waals surface area contributed by atoms with Crippen LogP contribution in [0.1, 0.15) is 108 Å². The van der Waals surface area contributed by atoms with Crippen LogP contribution in [0.3, 0.4) is 0 Å². The molecule has 1 aliphatic heterocycles. The number of aromatic nitrogens is 4. The van der Waals surface area contributed by atoms with Gasteiger partial charge in [0.15, 0.2) is 0 Å². The molecular formula is C35H41N5O3. The lowest BCUT2D eigenvalue weighted by Gasteiger charge is -2.30. The number of carbonyl (C=O) groups is 1. The van der Waals surface area contributed by atoms with Crippen LogP contribution in [0.15, 0.2) is 36.5 Å². The second kappa shape index (κ2) is 11.1. The van der Waals surface area contributed by atoms with Gasteiger partial charge in [0.05, 0.1) is 23.7 Å². The van der Waals surface area contributed by atoms with Gasteiger partial charge in [-0.1, -0.05) is 30.3 Å². The van der Waals surface area contributed by atoms with Crippen LogP contribution in [0, 0.1) is 6.92 Å². The van der Waals surface area contributed by atoms with E-state index in [2.05, 4.69) is 54.2 Å². The van der Waals surface area contributed by atoms with Gasteiger partial charge in [0, 0.05) is 32.3 Å². The number of rotatable bonds is 8. The molecular weight excluding hydrogens is 538 g/mol. The number of ether oxygens (including phenoxy) is 1. The molecule has 1 N–H and O–H groups in total. The number of fused-ring (bicyclic) bond motifs is 3. The first-order valence-electron chi connectivity index (χ1n) is 15.9. The quantitative estimate of drug-likeness (QED) is 0.259. The van der Waals surface area contributed by atoms with Gasteiger partial charge in [-0.15, -0.1) is 5.10 Å². The van der Waals surface area contributed by atoms with E-state index in [1.165, 1.54) is 22.3 Å². The van der Waals surface area contributed by atoms with Crippen LogP contribution >= 0.6 is 0 Å². The van der Waals surface area contributed by atoms with Crippen molar-refractivity contribution in [2.24, 2.45) is 7.05 Å². The number of aliphatic carboxylic acids is 1. The van der Waals surface area contributed by atoms with Gasteiger partial charge in [0.25, 0.3) is 0 Å². The van der Waals surface area contributed by atoms with E-state index >= 15 is 0 Å². The van der Waals surface area contributed by atoms with E-state index in [9.17, 15) is 9.90 Å². The summed E-state index contributed by atoms with van der Waals surface area (Å²) in [5, 5.41) is 19.1. The molecule has 1 fully saturated rings. The number of benzene rings is 2. The number of nitrogens with zero attached hydrogens (tertiary/aromatic N) is 5. The van der Waals surface area contributed by atoms with E-state index in [-0.39, 0.29) is 24.5 Å². The van der Waals surface area contributed by atoms with E-state index in [0.29, 0.717) is 5.92 Å². The normalized spacial score (nSPS) is 20.8. The van der Waals surface area contributed by atoms with Crippen LogP contribution in [-0.2, 0) is 31.2 Å². The maximum Gasteiger partial charge on any atom is 0.304 e. The van der Waals surface area contributed by atoms with Crippen LogP contribution in [0.25, 0.3) is 11.0 Å². The topological polar surface area (TPSA) is 93.4 Å². The predicted octanol–water partition coefficient (Wildman–Crippen LogP) is 6.38. The second-order valence-electron chi connectivity index (χ2n) is 12.8. The molecule has 2 aliphatic carbocycles. The van der Waals surface area contributed by atoms with Crippen molar-refractivity contribution in [3.05, 3.63) is 81.2 Å². The summed E-state index contributed by atoms with van der Waals surface area (Å²) >= 11 is 0. The lowest BCUT2D eigenvalue weighted by Crippen LogP contribution is -2.34. The van der Waals surface area contributed by atoms with Crippen molar-refractivity contribution >= 4 is 17.0 Å². The van der Waals surface area contributed by atoms with Gasteiger partial charge in [0.2, 0.25) is 0 Å². The average molecular weight is 580 g/mol. The van der Waals surface area contributed by atoms with Crippen molar-refractivity contribution in [1.82, 2.24) is 24.9 Å². The number of hydrogen-bond acceptors (Lipinski definition) is 6. The van der Waals surface area contributed by atoms with Gasteiger partial charge in [-0.05, 0) is 109 Å². The molecule has 0 bridgehead atoms. The number of pyridine rings is 1. The third kappa shape index (κ3) is 5.09. The Morgan fingerprint density at radius 2 is 2.05 bits per heavy atom. The minimum absolute atomic E-state index is 0.0398. The average Bonchev–Trinajstić information content (AvgIpc) is 3.63. The Bertz CT molecular complexity index is 1710. The Morgan fingerprint density at radius 1 is 1.21 bits per heavy atom. The third-order valence-corrected chi connectivity index (χ3v) is 10.0. The van der Waals surface area contributed by atoms with Crippen molar-refractivity contribution in [3.63, 3.8) is 0 Å². The second-order valence-corrected chi connectivity index (χ2v) is 12.8. The van der Waals surface area contributed by atoms with Crippen molar-refractivity contribution < 1.29 is 14.6 Å². The molecule has 3 aliphatic rings. The number of aryl methyl sites for hydroxylation is 3. The van der Waals surface area contributed by atoms with Gasteiger partial charge in [-0.2, -0.15) is 0 Å². The molecule has 43 heavy (non-hydrogen) atoms. The fraction of sp³-hybridized carbons (Fsp3) is 0.486. The van der Waals surface area contributed by atoms with Gasteiger partial charge in [0.1, 0.15) is 17.4 Å². The largest absolute Gasteiger partial charge is 0.487 e. The minimum atomic E-state index is -0.787. The maximum atomic E-state index is 12.4. The summed E-state index contributed by atoms with van der Waals surface area (Å²) in [5.41, 5.74) is 11.5. The predicted molar refractivity (Wildman–Crippen MR) is 166 cm³/mol. The van der Waals surface area contributed by atoms with E-state index in [0.717, 1.165) is 90.8 Å². The van der Waals surface area contributed by atoms with Crippen LogP contribution in [0.4, 0.5) is 0 Å². The van der Waals surface area contributed by atoms with Crippen molar-refractivity contribution in [1.29, 1.82) is 0 Å². The Labute approximate surface area is 253 Å². The summed E-state index contributed by atoms with van der Waals surface area (Å²) in [5.74, 6) is 0.327. The summed E-state index contributed by atoms with van der Waals surface area (Å²) in [4.78, 5) is 19.6. The summed E-state index contributed by atoms with van der Waals surface area (Å²) in [6.07, 6.45) is 8.44. The first-order chi connectivity index (χ1) is 20.8. The zero-order valence-electron chi connectivity index (χ0n) is 25.6. The smallest absolute Gasteiger partial charge is 0.304 e. The highest BCUT2D eigenvalue weighted by atomic mass is 16.5. The summed E-state index contributed by atoms with van der Waals surface area (Å²) in [7, 11) is 1.95. The first-order valence-corrected chi connectivity index (χ1v) is 15.9. The monoisotopic (exact) mass is 579 g/mol. The zero-order valence-corrected chi connectivity index (χ0v) is 25.6. The van der Waals surface area contributed by atoms with Gasteiger partial charge < -0.3 is 9.84 Å². The van der Waals surface area contributed by atoms with E-state index < -0.39 is 5.97 Å². The molecule has 3 atom stereocenters. The molecule has 3 heterocycles. The van der Waals surface area contributed by atoms with Gasteiger partial charge in [-0.25, -0.2) is 4.68 Å². The molecule has 8 heteroatoms. The van der Waals surface area contributed by atoms with Crippen LogP contribution in [-0.4, -0.2) is 48.6 Å². The van der Waals surface area contributed by atoms with Crippen molar-refractivity contribution in [2.75, 3.05) is 6.54 Å². The third-order valence-electron chi connectivity index (χ3n) is 10.0. The zero-order chi connectivity index (χ0) is 29.8. The van der Waals surface area contributed by atoms with E-state index in [1.54, 1.807) is 0 Å². The Balaban J connectivity index is 1.32. The highest BCUT2D eigenvalue weighted by Crippen LogP contribution is 2.46. The molecule has 0 amide bonds. The SMILES string of the molecule is CC[C@@H]1CN(Cc2cc([C@@H](CC(=O)O)c3cc(C4CC4)c4c(nnn4C)c3C)cc3c2CCC3)[C@@H](C)c2ncccc2O1. The van der Waals surface area contributed by atoms with Crippen molar-refractivity contribution in [3.8, 4) is 5.75 Å². The Morgan fingerprint density at radius 3 is 2.81 bits per heavy atom. The number of hydrogen-bond donors (Lipinski definition) is 1. The Hall–Kier alpha value is -3.78. The lowest BCUT2D eigenvalue weighted by molar-refractivity contribution is -0.137. The summed E-state index contributed by atoms with van der Waals surface area (Å²) in [6.45, 7) is 8.08. The Kier molecular flexibility index (Phi) is 7.20. The van der Waals surface area contributed by atoms with Crippen LogP contribution in [0.2, 0.25) is 0 Å². The number of carboxylic acid groups (broad SMARTS) is 1. The highest BCUT2D eigenvalue weighted by molar-refractivity contribution is 5.84. The molecule has 8 nitrogen and oxygen atoms in total. The van der Waals surface area contributed by atoms with Gasteiger partial charge >= 0.3 is 5.97 Å². The molecule has 224 valence electrons. The lowest BCUT2D eigenvalue weighted by atomic mass is 9.82. The first kappa shape index (κ1) is 28.0. The fourth-order valence-electron chi connectivity index (χ4n) is 7.49. The van der Waals surface area contributed by atoms with Crippen LogP contribution < -0.4 is 4.74 Å². The molecule has 0 spiro atoms. The molecule has 0 radical (unpaired) electrons. The molecule has 2 aromatic carbocycles. The maximum absolute atomic E-state index is 12.4. The molecule has 4 aromatic rings. The van der Waals surface area contributed by atoms with Crippen molar-refractivity contribution in [2.45, 2.75) is 96.2 Å². The van der Waals surface area contributed by atoms with Gasteiger partial charge in [-0.3, -0.25) is 14.7 Å². The fourth-order valence-corrected chi connectivity index (χ4v) is 7.49. The molecule has 1 saturated carbocycles. The molecule has 7 rings (SSSR count). The summed E-state index contributed by atoms with van der Waals surface area (Å²) in [6, 6.07) is 11.0.